The Balaban J connectivity index is 2.21. The van der Waals surface area contributed by atoms with Gasteiger partial charge in [0.15, 0.2) is 5.78 Å². The van der Waals surface area contributed by atoms with E-state index in [1.807, 2.05) is 56.3 Å². The van der Waals surface area contributed by atoms with E-state index >= 15 is 0 Å². The second kappa shape index (κ2) is 7.64. The number of Topliss-reactive ketones (excluding diaryl/α,β-unsaturated/α-hetero) is 1. The lowest BCUT2D eigenvalue weighted by atomic mass is 9.63. The highest BCUT2D eigenvalue weighted by Gasteiger charge is 2.53. The molecule has 0 aliphatic carbocycles. The van der Waals surface area contributed by atoms with Gasteiger partial charge in [-0.3, -0.25) is 4.79 Å². The fraction of sp³-hybridized carbons (Fsp3) is 0.348. The predicted octanol–water partition coefficient (Wildman–Crippen LogP) is 5.09. The van der Waals surface area contributed by atoms with Crippen molar-refractivity contribution in [2.24, 2.45) is 17.3 Å². The third-order valence-electron chi connectivity index (χ3n) is 5.21. The summed E-state index contributed by atoms with van der Waals surface area (Å²) in [5.74, 6) is -0.150. The number of ketones is 1. The summed E-state index contributed by atoms with van der Waals surface area (Å²) < 4.78 is 6.36. The summed E-state index contributed by atoms with van der Waals surface area (Å²) in [6.45, 7) is 3.63. The Hall–Kier alpha value is -3.11. The molecule has 0 bridgehead atoms. The van der Waals surface area contributed by atoms with Crippen molar-refractivity contribution >= 4 is 5.78 Å². The zero-order valence-electron chi connectivity index (χ0n) is 15.6. The summed E-state index contributed by atoms with van der Waals surface area (Å²) in [6, 6.07) is 21.4. The zero-order chi connectivity index (χ0) is 19.4. The van der Waals surface area contributed by atoms with Crippen LogP contribution in [0.4, 0.5) is 0 Å². The summed E-state index contributed by atoms with van der Waals surface area (Å²) in [7, 11) is 0. The number of carbonyl (C=O) groups is 1. The number of fused-ring (bicyclic) bond motifs is 1. The van der Waals surface area contributed by atoms with Crippen LogP contribution < -0.4 is 4.74 Å². The van der Waals surface area contributed by atoms with Gasteiger partial charge in [-0.25, -0.2) is 0 Å². The summed E-state index contributed by atoms with van der Waals surface area (Å²) >= 11 is 0. The standard InChI is InChI=1S/C23H22N2O2/c1-16(14-24)12-23(13-17(2)15-25)21(26)19-10-6-7-11-20(19)27-22(23)18-8-4-3-5-9-18/h3-11,16-17,22H,12-13H2,1-2H3. The SMILES string of the molecule is CC(C#N)CC1(CC(C)C#N)C(=O)c2ccccc2OC1c1ccccc1. The van der Waals surface area contributed by atoms with Gasteiger partial charge in [0.05, 0.1) is 23.1 Å². The number of nitrogens with zero attached hydrogens (tertiary/aromatic N) is 2. The summed E-state index contributed by atoms with van der Waals surface area (Å²) in [5.41, 5.74) is 0.454. The minimum Gasteiger partial charge on any atom is -0.484 e. The highest BCUT2D eigenvalue weighted by molar-refractivity contribution is 6.04. The molecule has 3 atom stereocenters. The van der Waals surface area contributed by atoms with Gasteiger partial charge in [-0.05, 0) is 44.4 Å². The molecule has 0 aromatic heterocycles. The number of hydrogen-bond acceptors (Lipinski definition) is 4. The lowest BCUT2D eigenvalue weighted by Crippen LogP contribution is -2.45. The monoisotopic (exact) mass is 358 g/mol. The summed E-state index contributed by atoms with van der Waals surface area (Å²) in [6.07, 6.45) is 0.164. The van der Waals surface area contributed by atoms with E-state index < -0.39 is 11.5 Å². The maximum Gasteiger partial charge on any atom is 0.176 e. The third-order valence-corrected chi connectivity index (χ3v) is 5.21. The predicted molar refractivity (Wildman–Crippen MR) is 102 cm³/mol. The maximum absolute atomic E-state index is 13.7. The normalized spacial score (nSPS) is 23.3. The molecule has 3 rings (SSSR count). The molecule has 0 N–H and O–H groups in total. The van der Waals surface area contributed by atoms with Crippen molar-refractivity contribution in [2.45, 2.75) is 32.8 Å². The molecule has 4 heteroatoms. The van der Waals surface area contributed by atoms with E-state index in [-0.39, 0.29) is 17.6 Å². The molecule has 0 saturated carbocycles. The molecular weight excluding hydrogens is 336 g/mol. The van der Waals surface area contributed by atoms with Gasteiger partial charge in [-0.1, -0.05) is 42.5 Å². The van der Waals surface area contributed by atoms with Gasteiger partial charge in [0.2, 0.25) is 0 Å². The van der Waals surface area contributed by atoms with Crippen LogP contribution in [0.1, 0.15) is 48.7 Å². The van der Waals surface area contributed by atoms with Crippen molar-refractivity contribution in [3.8, 4) is 17.9 Å². The van der Waals surface area contributed by atoms with Gasteiger partial charge >= 0.3 is 0 Å². The summed E-state index contributed by atoms with van der Waals surface area (Å²) in [5, 5.41) is 18.9. The van der Waals surface area contributed by atoms with Crippen molar-refractivity contribution in [3.05, 3.63) is 65.7 Å². The molecule has 27 heavy (non-hydrogen) atoms. The molecule has 0 radical (unpaired) electrons. The number of carbonyl (C=O) groups excluding carboxylic acids is 1. The lowest BCUT2D eigenvalue weighted by Gasteiger charge is -2.44. The van der Waals surface area contributed by atoms with Crippen LogP contribution in [0.3, 0.4) is 0 Å². The fourth-order valence-electron chi connectivity index (χ4n) is 4.07. The van der Waals surface area contributed by atoms with Crippen molar-refractivity contribution in [1.82, 2.24) is 0 Å². The van der Waals surface area contributed by atoms with Crippen LogP contribution in [0.5, 0.6) is 5.75 Å². The molecule has 1 heterocycles. The summed E-state index contributed by atoms with van der Waals surface area (Å²) in [4.78, 5) is 13.7. The smallest absolute Gasteiger partial charge is 0.176 e. The number of rotatable bonds is 5. The largest absolute Gasteiger partial charge is 0.484 e. The van der Waals surface area contributed by atoms with Crippen molar-refractivity contribution in [2.75, 3.05) is 0 Å². The van der Waals surface area contributed by atoms with Crippen LogP contribution in [0, 0.1) is 39.9 Å². The highest BCUT2D eigenvalue weighted by atomic mass is 16.5. The Kier molecular flexibility index (Phi) is 5.28. The number of nitriles is 2. The van der Waals surface area contributed by atoms with E-state index in [1.54, 1.807) is 12.1 Å². The Morgan fingerprint density at radius 2 is 1.52 bits per heavy atom. The van der Waals surface area contributed by atoms with Gasteiger partial charge in [-0.2, -0.15) is 10.5 Å². The molecule has 0 fully saturated rings. The number of hydrogen-bond donors (Lipinski definition) is 0. The first kappa shape index (κ1) is 18.7. The van der Waals surface area contributed by atoms with Gasteiger partial charge in [-0.15, -0.1) is 0 Å². The van der Waals surface area contributed by atoms with Crippen LogP contribution in [-0.2, 0) is 0 Å². The van der Waals surface area contributed by atoms with Crippen molar-refractivity contribution in [1.29, 1.82) is 10.5 Å². The topological polar surface area (TPSA) is 73.9 Å². The maximum atomic E-state index is 13.7. The first-order valence-corrected chi connectivity index (χ1v) is 9.16. The van der Waals surface area contributed by atoms with E-state index in [2.05, 4.69) is 12.1 Å². The van der Waals surface area contributed by atoms with Crippen LogP contribution in [0.15, 0.2) is 54.6 Å². The molecule has 4 nitrogen and oxygen atoms in total. The van der Waals surface area contributed by atoms with Crippen molar-refractivity contribution in [3.63, 3.8) is 0 Å². The second-order valence-electron chi connectivity index (χ2n) is 7.36. The lowest BCUT2D eigenvalue weighted by molar-refractivity contribution is 0.00787. The Labute approximate surface area is 160 Å². The van der Waals surface area contributed by atoms with Crippen LogP contribution in [-0.4, -0.2) is 5.78 Å². The van der Waals surface area contributed by atoms with Crippen molar-refractivity contribution < 1.29 is 9.53 Å². The van der Waals surface area contributed by atoms with Gasteiger partial charge < -0.3 is 4.74 Å². The average Bonchev–Trinajstić information content (AvgIpc) is 2.71. The Morgan fingerprint density at radius 3 is 2.11 bits per heavy atom. The quantitative estimate of drug-likeness (QED) is 0.746. The minimum atomic E-state index is -0.958. The van der Waals surface area contributed by atoms with Gasteiger partial charge in [0.1, 0.15) is 11.9 Å². The van der Waals surface area contributed by atoms with E-state index in [1.165, 1.54) is 0 Å². The first-order chi connectivity index (χ1) is 13.0. The molecule has 136 valence electrons. The van der Waals surface area contributed by atoms with Crippen LogP contribution >= 0.6 is 0 Å². The molecule has 2 aromatic rings. The number of ether oxygens (including phenoxy) is 1. The van der Waals surface area contributed by atoms with E-state index in [0.29, 0.717) is 24.2 Å². The molecular formula is C23H22N2O2. The van der Waals surface area contributed by atoms with Gasteiger partial charge in [0.25, 0.3) is 0 Å². The molecule has 0 spiro atoms. The highest BCUT2D eigenvalue weighted by Crippen LogP contribution is 2.53. The number of benzene rings is 2. The fourth-order valence-corrected chi connectivity index (χ4v) is 4.07. The molecule has 0 amide bonds. The van der Waals surface area contributed by atoms with E-state index in [4.69, 9.17) is 4.74 Å². The van der Waals surface area contributed by atoms with Gasteiger partial charge in [0, 0.05) is 11.8 Å². The first-order valence-electron chi connectivity index (χ1n) is 9.16. The minimum absolute atomic E-state index is 0.0394. The Morgan fingerprint density at radius 1 is 0.963 bits per heavy atom. The zero-order valence-corrected chi connectivity index (χ0v) is 15.6. The third kappa shape index (κ3) is 3.44. The number of para-hydroxylation sites is 1. The van der Waals surface area contributed by atoms with Crippen LogP contribution in [0.25, 0.3) is 0 Å². The Bertz CT molecular complexity index is 886. The molecule has 1 aliphatic heterocycles. The molecule has 0 saturated heterocycles. The van der Waals surface area contributed by atoms with E-state index in [9.17, 15) is 15.3 Å². The van der Waals surface area contributed by atoms with E-state index in [0.717, 1.165) is 5.56 Å². The molecule has 1 aliphatic rings. The average molecular weight is 358 g/mol. The molecule has 3 unspecified atom stereocenters. The molecule has 2 aromatic carbocycles. The van der Waals surface area contributed by atoms with Crippen LogP contribution in [0.2, 0.25) is 0 Å². The second-order valence-corrected chi connectivity index (χ2v) is 7.36.